The van der Waals surface area contributed by atoms with E-state index in [4.69, 9.17) is 21.8 Å². The van der Waals surface area contributed by atoms with Crippen LogP contribution in [0.25, 0.3) is 11.0 Å². The monoisotopic (exact) mass is 287 g/mol. The van der Waals surface area contributed by atoms with Crippen molar-refractivity contribution in [3.63, 3.8) is 0 Å². The van der Waals surface area contributed by atoms with Crippen LogP contribution in [0, 0.1) is 0 Å². The Labute approximate surface area is 102 Å². The van der Waals surface area contributed by atoms with Crippen molar-refractivity contribution < 1.29 is 4.42 Å². The van der Waals surface area contributed by atoms with Gasteiger partial charge >= 0.3 is 0 Å². The van der Waals surface area contributed by atoms with Gasteiger partial charge in [-0.25, -0.2) is 0 Å². The summed E-state index contributed by atoms with van der Waals surface area (Å²) >= 11 is 9.45. The first kappa shape index (κ1) is 11.0. The topological polar surface area (TPSA) is 39.2 Å². The Morgan fingerprint density at radius 3 is 2.60 bits per heavy atom. The lowest BCUT2D eigenvalue weighted by Gasteiger charge is -2.13. The Morgan fingerprint density at radius 2 is 2.00 bits per heavy atom. The Hall–Kier alpha value is -0.510. The third-order valence-electron chi connectivity index (χ3n) is 2.17. The summed E-state index contributed by atoms with van der Waals surface area (Å²) in [5.41, 5.74) is 6.16. The third kappa shape index (κ3) is 2.05. The van der Waals surface area contributed by atoms with Crippen molar-refractivity contribution in [2.45, 2.75) is 19.4 Å². The van der Waals surface area contributed by atoms with Gasteiger partial charge in [0.05, 0.1) is 10.6 Å². The lowest BCUT2D eigenvalue weighted by atomic mass is 10.0. The van der Waals surface area contributed by atoms with Crippen LogP contribution in [0.3, 0.4) is 0 Å². The maximum atomic E-state index is 6.06. The van der Waals surface area contributed by atoms with Gasteiger partial charge in [0, 0.05) is 9.86 Å². The van der Waals surface area contributed by atoms with E-state index in [0.717, 1.165) is 15.6 Å². The van der Waals surface area contributed by atoms with Crippen molar-refractivity contribution in [1.29, 1.82) is 0 Å². The third-order valence-corrected chi connectivity index (χ3v) is 2.91. The molecule has 0 fully saturated rings. The first-order valence-corrected chi connectivity index (χ1v) is 5.73. The van der Waals surface area contributed by atoms with Gasteiger partial charge in [-0.2, -0.15) is 0 Å². The molecule has 1 heterocycles. The van der Waals surface area contributed by atoms with E-state index in [1.54, 1.807) is 6.07 Å². The van der Waals surface area contributed by atoms with Crippen molar-refractivity contribution >= 4 is 38.5 Å². The Morgan fingerprint density at radius 1 is 1.33 bits per heavy atom. The molecule has 2 nitrogen and oxygen atoms in total. The van der Waals surface area contributed by atoms with Gasteiger partial charge in [0.1, 0.15) is 5.76 Å². The highest BCUT2D eigenvalue weighted by atomic mass is 79.9. The van der Waals surface area contributed by atoms with Gasteiger partial charge in [-0.1, -0.05) is 27.5 Å². The molecule has 0 saturated carbocycles. The van der Waals surface area contributed by atoms with Crippen molar-refractivity contribution in [3.05, 3.63) is 33.5 Å². The summed E-state index contributed by atoms with van der Waals surface area (Å²) in [5, 5.41) is 1.55. The second-order valence-corrected chi connectivity index (χ2v) is 5.46. The van der Waals surface area contributed by atoms with Crippen molar-refractivity contribution in [2.75, 3.05) is 0 Å². The summed E-state index contributed by atoms with van der Waals surface area (Å²) in [4.78, 5) is 0. The van der Waals surface area contributed by atoms with E-state index in [9.17, 15) is 0 Å². The number of hydrogen-bond acceptors (Lipinski definition) is 2. The highest BCUT2D eigenvalue weighted by molar-refractivity contribution is 9.10. The van der Waals surface area contributed by atoms with E-state index in [-0.39, 0.29) is 0 Å². The second-order valence-electron chi connectivity index (χ2n) is 4.14. The SMILES string of the molecule is CC(C)(N)c1cc2cc(Br)cc(Cl)c2o1. The molecular weight excluding hydrogens is 277 g/mol. The molecule has 2 aromatic rings. The highest BCUT2D eigenvalue weighted by Gasteiger charge is 2.20. The van der Waals surface area contributed by atoms with Gasteiger partial charge in [-0.15, -0.1) is 0 Å². The van der Waals surface area contributed by atoms with Crippen LogP contribution in [0.2, 0.25) is 5.02 Å². The molecular formula is C11H11BrClNO. The number of nitrogens with two attached hydrogens (primary N) is 1. The predicted molar refractivity (Wildman–Crippen MR) is 66.1 cm³/mol. The summed E-state index contributed by atoms with van der Waals surface area (Å²) in [7, 11) is 0. The predicted octanol–water partition coefficient (Wildman–Crippen LogP) is 4.04. The quantitative estimate of drug-likeness (QED) is 0.860. The number of furan rings is 1. The molecule has 2 N–H and O–H groups in total. The minimum atomic E-state index is -0.491. The average molecular weight is 289 g/mol. The summed E-state index contributed by atoms with van der Waals surface area (Å²) in [6.45, 7) is 3.79. The number of benzene rings is 1. The van der Waals surface area contributed by atoms with E-state index in [0.29, 0.717) is 10.6 Å². The molecule has 0 aliphatic rings. The van der Waals surface area contributed by atoms with Crippen molar-refractivity contribution in [1.82, 2.24) is 0 Å². The molecule has 0 aliphatic carbocycles. The van der Waals surface area contributed by atoms with Gasteiger partial charge < -0.3 is 10.2 Å². The molecule has 0 atom stereocenters. The summed E-state index contributed by atoms with van der Waals surface area (Å²) in [5.74, 6) is 0.734. The summed E-state index contributed by atoms with van der Waals surface area (Å²) in [6.07, 6.45) is 0. The smallest absolute Gasteiger partial charge is 0.153 e. The minimum absolute atomic E-state index is 0.491. The molecule has 1 aromatic carbocycles. The maximum absolute atomic E-state index is 6.06. The second kappa shape index (κ2) is 3.51. The number of hydrogen-bond donors (Lipinski definition) is 1. The zero-order valence-corrected chi connectivity index (χ0v) is 10.8. The average Bonchev–Trinajstić information content (AvgIpc) is 2.46. The van der Waals surface area contributed by atoms with E-state index in [2.05, 4.69) is 15.9 Å². The van der Waals surface area contributed by atoms with E-state index in [1.165, 1.54) is 0 Å². The molecule has 4 heteroatoms. The van der Waals surface area contributed by atoms with Gasteiger partial charge in [-0.05, 0) is 32.0 Å². The fraction of sp³-hybridized carbons (Fsp3) is 0.273. The van der Waals surface area contributed by atoms with Crippen LogP contribution in [0.4, 0.5) is 0 Å². The van der Waals surface area contributed by atoms with Crippen LogP contribution in [0.1, 0.15) is 19.6 Å². The van der Waals surface area contributed by atoms with Crippen LogP contribution < -0.4 is 5.73 Å². The fourth-order valence-corrected chi connectivity index (χ4v) is 2.27. The van der Waals surface area contributed by atoms with Gasteiger partial charge in [0.15, 0.2) is 5.58 Å². The van der Waals surface area contributed by atoms with Crippen LogP contribution >= 0.6 is 27.5 Å². The number of rotatable bonds is 1. The van der Waals surface area contributed by atoms with Crippen LogP contribution in [-0.4, -0.2) is 0 Å². The Bertz CT molecular complexity index is 513. The minimum Gasteiger partial charge on any atom is -0.458 e. The molecule has 0 spiro atoms. The number of fused-ring (bicyclic) bond motifs is 1. The zero-order chi connectivity index (χ0) is 11.2. The normalized spacial score (nSPS) is 12.3. The molecule has 0 unspecified atom stereocenters. The van der Waals surface area contributed by atoms with E-state index in [1.807, 2.05) is 26.0 Å². The summed E-state index contributed by atoms with van der Waals surface area (Å²) in [6, 6.07) is 5.69. The fourth-order valence-electron chi connectivity index (χ4n) is 1.39. The highest BCUT2D eigenvalue weighted by Crippen LogP contribution is 2.33. The first-order valence-electron chi connectivity index (χ1n) is 4.56. The molecule has 0 bridgehead atoms. The maximum Gasteiger partial charge on any atom is 0.153 e. The molecule has 15 heavy (non-hydrogen) atoms. The van der Waals surface area contributed by atoms with Crippen LogP contribution in [0.5, 0.6) is 0 Å². The van der Waals surface area contributed by atoms with Gasteiger partial charge in [-0.3, -0.25) is 0 Å². The largest absolute Gasteiger partial charge is 0.458 e. The molecule has 0 saturated heterocycles. The summed E-state index contributed by atoms with van der Waals surface area (Å²) < 4.78 is 6.57. The van der Waals surface area contributed by atoms with Crippen LogP contribution in [-0.2, 0) is 5.54 Å². The molecule has 0 radical (unpaired) electrons. The van der Waals surface area contributed by atoms with Gasteiger partial charge in [0.2, 0.25) is 0 Å². The Balaban J connectivity index is 2.71. The number of halogens is 2. The molecule has 1 aromatic heterocycles. The van der Waals surface area contributed by atoms with Crippen molar-refractivity contribution in [3.8, 4) is 0 Å². The van der Waals surface area contributed by atoms with Gasteiger partial charge in [0.25, 0.3) is 0 Å². The first-order chi connectivity index (χ1) is 6.88. The van der Waals surface area contributed by atoms with E-state index < -0.39 is 5.54 Å². The standard InChI is InChI=1S/C11H11BrClNO/c1-11(2,14)9-4-6-3-7(12)5-8(13)10(6)15-9/h3-5H,14H2,1-2H3. The lowest BCUT2D eigenvalue weighted by molar-refractivity contribution is 0.413. The molecule has 2 rings (SSSR count). The van der Waals surface area contributed by atoms with Crippen LogP contribution in [0.15, 0.2) is 27.1 Å². The Kier molecular flexibility index (Phi) is 2.57. The molecule has 0 aliphatic heterocycles. The molecule has 0 amide bonds. The zero-order valence-electron chi connectivity index (χ0n) is 8.47. The van der Waals surface area contributed by atoms with Crippen molar-refractivity contribution in [2.24, 2.45) is 5.73 Å². The lowest BCUT2D eigenvalue weighted by Crippen LogP contribution is -2.27. The van der Waals surface area contributed by atoms with E-state index >= 15 is 0 Å². The molecule has 80 valence electrons.